The average Bonchev–Trinajstić information content (AvgIpc) is 2.90. The van der Waals surface area contributed by atoms with Gasteiger partial charge >= 0.3 is 5.97 Å². The van der Waals surface area contributed by atoms with Crippen LogP contribution in [0.3, 0.4) is 0 Å². The van der Waals surface area contributed by atoms with Gasteiger partial charge in [-0.2, -0.15) is 0 Å². The van der Waals surface area contributed by atoms with Crippen molar-refractivity contribution in [1.82, 2.24) is 9.47 Å². The highest BCUT2D eigenvalue weighted by Crippen LogP contribution is 2.40. The first-order chi connectivity index (χ1) is 12.3. The van der Waals surface area contributed by atoms with Crippen LogP contribution in [0.1, 0.15) is 35.8 Å². The summed E-state index contributed by atoms with van der Waals surface area (Å²) in [5, 5.41) is 9.47. The lowest BCUT2D eigenvalue weighted by Gasteiger charge is -2.39. The standard InChI is InChI=1S/C19H22FN3O3.2ClH/c1-10-6-12-16-13(18(24)14(19(25)26)9-23(10)16)7-15(20)17(12)22-5-4-21(3)11(2)8-22;;/h7,9-11H,4-6,8H2,1-3H3,(H,25,26);2*1H/t10-,11-;;/m0../s1. The van der Waals surface area contributed by atoms with E-state index in [-0.39, 0.29) is 41.8 Å². The second kappa shape index (κ2) is 7.89. The van der Waals surface area contributed by atoms with Crippen molar-refractivity contribution >= 4 is 47.4 Å². The molecular formula is C19H24Cl2FN3O3. The van der Waals surface area contributed by atoms with E-state index in [9.17, 15) is 14.7 Å². The predicted octanol–water partition coefficient (Wildman–Crippen LogP) is 2.94. The number of hydrogen-bond acceptors (Lipinski definition) is 4. The fourth-order valence-corrected chi connectivity index (χ4v) is 4.24. The Bertz CT molecular complexity index is 995. The van der Waals surface area contributed by atoms with E-state index < -0.39 is 17.2 Å². The van der Waals surface area contributed by atoms with Crippen LogP contribution in [0, 0.1) is 5.82 Å². The minimum absolute atomic E-state index is 0. The van der Waals surface area contributed by atoms with Crippen LogP contribution in [0.25, 0.3) is 10.9 Å². The number of halogens is 3. The molecule has 28 heavy (non-hydrogen) atoms. The summed E-state index contributed by atoms with van der Waals surface area (Å²) in [7, 11) is 2.06. The second-order valence-corrected chi connectivity index (χ2v) is 7.49. The lowest BCUT2D eigenvalue weighted by molar-refractivity contribution is 0.0694. The number of aromatic nitrogens is 1. The number of hydrogen-bond donors (Lipinski definition) is 1. The Morgan fingerprint density at radius 1 is 1.21 bits per heavy atom. The minimum Gasteiger partial charge on any atom is -0.477 e. The molecule has 2 aromatic rings. The lowest BCUT2D eigenvalue weighted by atomic mass is 10.0. The molecule has 0 bridgehead atoms. The van der Waals surface area contributed by atoms with Crippen molar-refractivity contribution in [1.29, 1.82) is 0 Å². The maximum atomic E-state index is 15.1. The van der Waals surface area contributed by atoms with E-state index in [1.165, 1.54) is 12.3 Å². The summed E-state index contributed by atoms with van der Waals surface area (Å²) < 4.78 is 16.9. The molecule has 0 amide bonds. The molecule has 6 nitrogen and oxygen atoms in total. The van der Waals surface area contributed by atoms with Crippen molar-refractivity contribution in [3.8, 4) is 0 Å². The van der Waals surface area contributed by atoms with E-state index in [0.717, 1.165) is 25.2 Å². The molecule has 1 aromatic heterocycles. The molecule has 1 N–H and O–H groups in total. The molecule has 9 heteroatoms. The SMILES string of the molecule is C[C@H]1CN(c2c(F)cc3c(=O)c(C(=O)O)cn4c3c2C[C@@H]4C)CCN1C.Cl.Cl. The number of rotatable bonds is 2. The Morgan fingerprint density at radius 3 is 2.50 bits per heavy atom. The molecule has 0 saturated carbocycles. The second-order valence-electron chi connectivity index (χ2n) is 7.49. The van der Waals surface area contributed by atoms with Crippen LogP contribution in [0.15, 0.2) is 17.1 Å². The number of carboxylic acids is 1. The fourth-order valence-electron chi connectivity index (χ4n) is 4.24. The van der Waals surface area contributed by atoms with E-state index in [4.69, 9.17) is 0 Å². The van der Waals surface area contributed by atoms with Gasteiger partial charge in [-0.25, -0.2) is 9.18 Å². The number of nitrogens with zero attached hydrogens (tertiary/aromatic N) is 3. The molecule has 1 aromatic carbocycles. The summed E-state index contributed by atoms with van der Waals surface area (Å²) in [5.74, 6) is -1.72. The van der Waals surface area contributed by atoms with Gasteiger partial charge in [-0.3, -0.25) is 4.79 Å². The van der Waals surface area contributed by atoms with Gasteiger partial charge in [-0.05, 0) is 33.4 Å². The van der Waals surface area contributed by atoms with Gasteiger partial charge in [-0.15, -0.1) is 24.8 Å². The molecule has 1 fully saturated rings. The number of likely N-dealkylation sites (N-methyl/N-ethyl adjacent to an activating group) is 1. The summed E-state index contributed by atoms with van der Waals surface area (Å²) in [6, 6.07) is 1.51. The third-order valence-corrected chi connectivity index (χ3v) is 5.82. The van der Waals surface area contributed by atoms with Gasteiger partial charge in [0.25, 0.3) is 0 Å². The van der Waals surface area contributed by atoms with Crippen molar-refractivity contribution in [2.24, 2.45) is 0 Å². The van der Waals surface area contributed by atoms with E-state index in [0.29, 0.717) is 23.7 Å². The van der Waals surface area contributed by atoms with Crippen LogP contribution in [0.5, 0.6) is 0 Å². The first kappa shape index (κ1) is 22.5. The summed E-state index contributed by atoms with van der Waals surface area (Å²) in [4.78, 5) is 28.3. The van der Waals surface area contributed by atoms with Crippen LogP contribution >= 0.6 is 24.8 Å². The third kappa shape index (κ3) is 3.25. The smallest absolute Gasteiger partial charge is 0.341 e. The quantitative estimate of drug-likeness (QED) is 0.791. The van der Waals surface area contributed by atoms with E-state index in [1.54, 1.807) is 0 Å². The molecule has 2 aliphatic heterocycles. The summed E-state index contributed by atoms with van der Waals surface area (Å²) in [6.07, 6.45) is 2.00. The Balaban J connectivity index is 0.00000140. The maximum Gasteiger partial charge on any atom is 0.341 e. The topological polar surface area (TPSA) is 65.8 Å². The van der Waals surface area contributed by atoms with Gasteiger partial charge < -0.3 is 19.5 Å². The predicted molar refractivity (Wildman–Crippen MR) is 112 cm³/mol. The Hall–Kier alpha value is -1.83. The number of piperazine rings is 1. The summed E-state index contributed by atoms with van der Waals surface area (Å²) >= 11 is 0. The molecule has 0 unspecified atom stereocenters. The highest BCUT2D eigenvalue weighted by molar-refractivity contribution is 5.96. The van der Waals surface area contributed by atoms with Crippen molar-refractivity contribution in [2.75, 3.05) is 31.6 Å². The van der Waals surface area contributed by atoms with Gasteiger partial charge in [0.15, 0.2) is 0 Å². The highest BCUT2D eigenvalue weighted by Gasteiger charge is 2.32. The Kier molecular flexibility index (Phi) is 6.33. The number of aromatic carboxylic acids is 1. The molecular weight excluding hydrogens is 408 g/mol. The molecule has 3 heterocycles. The number of carboxylic acid groups (broad SMARTS) is 1. The molecule has 0 aliphatic carbocycles. The fraction of sp³-hybridized carbons (Fsp3) is 0.474. The number of carbonyl (C=O) groups is 1. The zero-order valence-corrected chi connectivity index (χ0v) is 17.6. The van der Waals surface area contributed by atoms with E-state index in [1.807, 2.05) is 11.5 Å². The molecule has 1 saturated heterocycles. The molecule has 154 valence electrons. The van der Waals surface area contributed by atoms with E-state index >= 15 is 4.39 Å². The van der Waals surface area contributed by atoms with Gasteiger partial charge in [0.05, 0.1) is 11.2 Å². The van der Waals surface area contributed by atoms with Crippen molar-refractivity contribution in [3.05, 3.63) is 39.4 Å². The van der Waals surface area contributed by atoms with Gasteiger partial charge in [-0.1, -0.05) is 0 Å². The van der Waals surface area contributed by atoms with Crippen LogP contribution in [0.4, 0.5) is 10.1 Å². The third-order valence-electron chi connectivity index (χ3n) is 5.82. The Labute approximate surface area is 174 Å². The lowest BCUT2D eigenvalue weighted by Crippen LogP contribution is -2.50. The summed E-state index contributed by atoms with van der Waals surface area (Å²) in [6.45, 7) is 6.37. The van der Waals surface area contributed by atoms with Crippen LogP contribution in [-0.4, -0.2) is 53.3 Å². The van der Waals surface area contributed by atoms with Crippen LogP contribution in [0.2, 0.25) is 0 Å². The van der Waals surface area contributed by atoms with E-state index in [2.05, 4.69) is 23.8 Å². The first-order valence-electron chi connectivity index (χ1n) is 8.88. The number of benzene rings is 1. The Morgan fingerprint density at radius 2 is 1.89 bits per heavy atom. The zero-order chi connectivity index (χ0) is 18.7. The van der Waals surface area contributed by atoms with Crippen LogP contribution in [-0.2, 0) is 6.42 Å². The van der Waals surface area contributed by atoms with Crippen molar-refractivity contribution < 1.29 is 14.3 Å². The van der Waals surface area contributed by atoms with Gasteiger partial charge in [0, 0.05) is 48.9 Å². The number of anilines is 1. The van der Waals surface area contributed by atoms with Gasteiger partial charge in [0.1, 0.15) is 11.4 Å². The molecule has 2 atom stereocenters. The number of pyridine rings is 1. The van der Waals surface area contributed by atoms with Crippen LogP contribution < -0.4 is 10.3 Å². The van der Waals surface area contributed by atoms with Crippen molar-refractivity contribution in [3.63, 3.8) is 0 Å². The monoisotopic (exact) mass is 431 g/mol. The molecule has 4 rings (SSSR count). The first-order valence-corrected chi connectivity index (χ1v) is 8.88. The largest absolute Gasteiger partial charge is 0.477 e. The molecule has 0 radical (unpaired) electrons. The molecule has 2 aliphatic rings. The van der Waals surface area contributed by atoms with Gasteiger partial charge in [0.2, 0.25) is 5.43 Å². The normalized spacial score (nSPS) is 21.4. The maximum absolute atomic E-state index is 15.1. The highest BCUT2D eigenvalue weighted by atomic mass is 35.5. The molecule has 0 spiro atoms. The summed E-state index contributed by atoms with van der Waals surface area (Å²) in [5.41, 5.74) is 1.14. The minimum atomic E-state index is -1.28. The average molecular weight is 432 g/mol. The van der Waals surface area contributed by atoms with Crippen molar-refractivity contribution in [2.45, 2.75) is 32.4 Å². The zero-order valence-electron chi connectivity index (χ0n) is 15.9.